The second-order valence-corrected chi connectivity index (χ2v) is 8.39. The number of pyridine rings is 2. The summed E-state index contributed by atoms with van der Waals surface area (Å²) in [5, 5.41) is 9.01. The van der Waals surface area contributed by atoms with Crippen LogP contribution in [0.25, 0.3) is 21.9 Å². The standard InChI is InChI=1S/C24H24N6O/c1-13-4-5-26-10-18(13)15-6-16-8-21(27-11-19(16)20(25)7-15)29-24(31)23-14(2)22(23)17-9-28-30(3)12-17/h4-12,14,22-23H,25H2,1-3H3,(H,27,29,31). The first-order valence-corrected chi connectivity index (χ1v) is 10.3. The summed E-state index contributed by atoms with van der Waals surface area (Å²) in [6.07, 6.45) is 9.15. The summed E-state index contributed by atoms with van der Waals surface area (Å²) in [5.41, 5.74) is 11.2. The van der Waals surface area contributed by atoms with Gasteiger partial charge in [-0.15, -0.1) is 0 Å². The lowest BCUT2D eigenvalue weighted by molar-refractivity contribution is -0.117. The number of nitrogen functional groups attached to an aromatic ring is 1. The number of amides is 1. The van der Waals surface area contributed by atoms with Crippen molar-refractivity contribution in [3.8, 4) is 11.1 Å². The van der Waals surface area contributed by atoms with Gasteiger partial charge in [0.05, 0.1) is 6.20 Å². The lowest BCUT2D eigenvalue weighted by atomic mass is 9.99. The molecule has 1 saturated carbocycles. The summed E-state index contributed by atoms with van der Waals surface area (Å²) in [5.74, 6) is 0.919. The average Bonchev–Trinajstić information content (AvgIpc) is 3.22. The highest BCUT2D eigenvalue weighted by atomic mass is 16.2. The van der Waals surface area contributed by atoms with E-state index in [1.54, 1.807) is 17.1 Å². The van der Waals surface area contributed by atoms with Gasteiger partial charge in [0.2, 0.25) is 5.91 Å². The molecule has 1 fully saturated rings. The van der Waals surface area contributed by atoms with E-state index < -0.39 is 0 Å². The Morgan fingerprint density at radius 3 is 2.77 bits per heavy atom. The SMILES string of the molecule is Cc1ccncc1-c1cc(N)c2cnc(NC(=O)C3C(C)C3c3cnn(C)c3)cc2c1. The molecule has 3 heterocycles. The van der Waals surface area contributed by atoms with E-state index in [2.05, 4.69) is 33.4 Å². The molecule has 3 aromatic heterocycles. The van der Waals surface area contributed by atoms with Crippen molar-refractivity contribution < 1.29 is 4.79 Å². The number of rotatable bonds is 4. The maximum absolute atomic E-state index is 12.9. The molecule has 1 aliphatic carbocycles. The molecule has 5 rings (SSSR count). The van der Waals surface area contributed by atoms with Gasteiger partial charge in [0.25, 0.3) is 0 Å². The van der Waals surface area contributed by atoms with Crippen LogP contribution >= 0.6 is 0 Å². The Labute approximate surface area is 180 Å². The molecular weight excluding hydrogens is 388 g/mol. The fraction of sp³-hybridized carbons (Fsp3) is 0.250. The number of aryl methyl sites for hydroxylation is 2. The first kappa shape index (κ1) is 19.2. The van der Waals surface area contributed by atoms with Crippen molar-refractivity contribution >= 4 is 28.2 Å². The van der Waals surface area contributed by atoms with Gasteiger partial charge in [-0.2, -0.15) is 5.10 Å². The maximum atomic E-state index is 12.9. The molecule has 31 heavy (non-hydrogen) atoms. The summed E-state index contributed by atoms with van der Waals surface area (Å²) in [6, 6.07) is 7.86. The lowest BCUT2D eigenvalue weighted by Crippen LogP contribution is -2.16. The first-order valence-electron chi connectivity index (χ1n) is 10.3. The molecule has 3 atom stereocenters. The number of nitrogens with zero attached hydrogens (tertiary/aromatic N) is 4. The summed E-state index contributed by atoms with van der Waals surface area (Å²) in [4.78, 5) is 21.6. The number of nitrogens with two attached hydrogens (primary N) is 1. The molecule has 156 valence electrons. The number of hydrogen-bond donors (Lipinski definition) is 2. The van der Waals surface area contributed by atoms with Crippen LogP contribution in [0.2, 0.25) is 0 Å². The second kappa shape index (κ2) is 7.19. The summed E-state index contributed by atoms with van der Waals surface area (Å²) in [6.45, 7) is 4.14. The summed E-state index contributed by atoms with van der Waals surface area (Å²) in [7, 11) is 1.89. The molecule has 7 heteroatoms. The summed E-state index contributed by atoms with van der Waals surface area (Å²) >= 11 is 0. The topological polar surface area (TPSA) is 98.7 Å². The van der Waals surface area contributed by atoms with Crippen molar-refractivity contribution in [2.45, 2.75) is 19.8 Å². The molecule has 1 amide bonds. The third-order valence-electron chi connectivity index (χ3n) is 6.26. The van der Waals surface area contributed by atoms with Gasteiger partial charge in [0.15, 0.2) is 0 Å². The lowest BCUT2D eigenvalue weighted by Gasteiger charge is -2.11. The Bertz CT molecular complexity index is 1310. The van der Waals surface area contributed by atoms with E-state index in [1.807, 2.05) is 50.8 Å². The van der Waals surface area contributed by atoms with Gasteiger partial charge in [-0.3, -0.25) is 14.5 Å². The van der Waals surface area contributed by atoms with Crippen molar-refractivity contribution in [2.24, 2.45) is 18.9 Å². The molecule has 0 spiro atoms. The van der Waals surface area contributed by atoms with E-state index in [4.69, 9.17) is 5.73 Å². The van der Waals surface area contributed by atoms with Crippen LogP contribution in [0.15, 0.2) is 55.2 Å². The first-order chi connectivity index (χ1) is 14.9. The molecule has 0 radical (unpaired) electrons. The maximum Gasteiger partial charge on any atom is 0.229 e. The fourth-order valence-electron chi connectivity index (χ4n) is 4.47. The zero-order chi connectivity index (χ0) is 21.7. The molecule has 0 saturated heterocycles. The predicted molar refractivity (Wildman–Crippen MR) is 121 cm³/mol. The van der Waals surface area contributed by atoms with E-state index in [0.717, 1.165) is 33.0 Å². The number of hydrogen-bond acceptors (Lipinski definition) is 5. The van der Waals surface area contributed by atoms with Gasteiger partial charge in [-0.1, -0.05) is 6.92 Å². The van der Waals surface area contributed by atoms with Crippen LogP contribution in [0.4, 0.5) is 11.5 Å². The largest absolute Gasteiger partial charge is 0.398 e. The van der Waals surface area contributed by atoms with Gasteiger partial charge < -0.3 is 11.1 Å². The number of nitrogens with one attached hydrogen (secondary N) is 1. The van der Waals surface area contributed by atoms with Gasteiger partial charge in [-0.25, -0.2) is 4.98 Å². The molecule has 4 aromatic rings. The van der Waals surface area contributed by atoms with Crippen LogP contribution in [0, 0.1) is 18.8 Å². The highest BCUT2D eigenvalue weighted by molar-refractivity contribution is 6.00. The molecule has 1 aromatic carbocycles. The molecule has 0 aliphatic heterocycles. The van der Waals surface area contributed by atoms with Crippen LogP contribution in [0.5, 0.6) is 0 Å². The average molecular weight is 412 g/mol. The van der Waals surface area contributed by atoms with Gasteiger partial charge >= 0.3 is 0 Å². The Morgan fingerprint density at radius 1 is 1.19 bits per heavy atom. The van der Waals surface area contributed by atoms with E-state index in [1.165, 1.54) is 0 Å². The third-order valence-corrected chi connectivity index (χ3v) is 6.26. The smallest absolute Gasteiger partial charge is 0.229 e. The highest BCUT2D eigenvalue weighted by Crippen LogP contribution is 2.54. The molecular formula is C24H24N6O. The number of anilines is 2. The number of benzene rings is 1. The fourth-order valence-corrected chi connectivity index (χ4v) is 4.47. The van der Waals surface area contributed by atoms with E-state index in [-0.39, 0.29) is 23.7 Å². The van der Waals surface area contributed by atoms with Crippen molar-refractivity contribution in [1.82, 2.24) is 19.7 Å². The zero-order valence-electron chi connectivity index (χ0n) is 17.7. The number of fused-ring (bicyclic) bond motifs is 1. The second-order valence-electron chi connectivity index (χ2n) is 8.39. The van der Waals surface area contributed by atoms with Crippen LogP contribution in [0.3, 0.4) is 0 Å². The molecule has 3 N–H and O–H groups in total. The van der Waals surface area contributed by atoms with Crippen molar-refractivity contribution in [3.05, 3.63) is 66.4 Å². The molecule has 7 nitrogen and oxygen atoms in total. The molecule has 0 bridgehead atoms. The molecule has 1 aliphatic rings. The Balaban J connectivity index is 1.42. The Hall–Kier alpha value is -3.74. The van der Waals surface area contributed by atoms with Gasteiger partial charge in [-0.05, 0) is 59.2 Å². The predicted octanol–water partition coefficient (Wildman–Crippen LogP) is 3.91. The monoisotopic (exact) mass is 412 g/mol. The van der Waals surface area contributed by atoms with Gasteiger partial charge in [0, 0.05) is 60.3 Å². The zero-order valence-corrected chi connectivity index (χ0v) is 17.7. The number of aromatic nitrogens is 4. The van der Waals surface area contributed by atoms with Crippen LogP contribution < -0.4 is 11.1 Å². The van der Waals surface area contributed by atoms with Crippen molar-refractivity contribution in [3.63, 3.8) is 0 Å². The van der Waals surface area contributed by atoms with E-state index >= 15 is 0 Å². The van der Waals surface area contributed by atoms with Crippen molar-refractivity contribution in [2.75, 3.05) is 11.1 Å². The normalized spacial score (nSPS) is 20.0. The van der Waals surface area contributed by atoms with E-state index in [9.17, 15) is 4.79 Å². The van der Waals surface area contributed by atoms with Crippen molar-refractivity contribution in [1.29, 1.82) is 0 Å². The van der Waals surface area contributed by atoms with Crippen LogP contribution in [0.1, 0.15) is 24.0 Å². The van der Waals surface area contributed by atoms with Crippen LogP contribution in [-0.4, -0.2) is 25.7 Å². The number of carbonyl (C=O) groups is 1. The van der Waals surface area contributed by atoms with Crippen LogP contribution in [-0.2, 0) is 11.8 Å². The highest BCUT2D eigenvalue weighted by Gasteiger charge is 2.52. The minimum atomic E-state index is -0.0730. The minimum absolute atomic E-state index is 0.0135. The summed E-state index contributed by atoms with van der Waals surface area (Å²) < 4.78 is 1.77. The minimum Gasteiger partial charge on any atom is -0.398 e. The van der Waals surface area contributed by atoms with E-state index in [0.29, 0.717) is 11.5 Å². The number of carbonyl (C=O) groups excluding carboxylic acids is 1. The Kier molecular flexibility index (Phi) is 4.46. The quantitative estimate of drug-likeness (QED) is 0.495. The third kappa shape index (κ3) is 3.42. The molecule has 3 unspecified atom stereocenters. The van der Waals surface area contributed by atoms with Gasteiger partial charge in [0.1, 0.15) is 5.82 Å². The Morgan fingerprint density at radius 2 is 2.03 bits per heavy atom.